The summed E-state index contributed by atoms with van der Waals surface area (Å²) in [4.78, 5) is 34.2. The first-order valence-electron chi connectivity index (χ1n) is 13.3. The Kier molecular flexibility index (Phi) is 8.94. The third-order valence-corrected chi connectivity index (χ3v) is 8.23. The number of rotatable bonds is 6. The first-order valence-corrected chi connectivity index (χ1v) is 13.7. The molecule has 4 rings (SSSR count). The molecule has 2 aliphatic heterocycles. The van der Waals surface area contributed by atoms with Gasteiger partial charge in [-0.15, -0.1) is 0 Å². The average Bonchev–Trinajstić information content (AvgIpc) is 2.92. The van der Waals surface area contributed by atoms with E-state index in [-0.39, 0.29) is 30.1 Å². The molecular formula is C28H33ClF4N4O3. The van der Waals surface area contributed by atoms with E-state index in [9.17, 15) is 32.3 Å². The van der Waals surface area contributed by atoms with Gasteiger partial charge in [0, 0.05) is 45.8 Å². The van der Waals surface area contributed by atoms with Gasteiger partial charge < -0.3 is 19.8 Å². The molecule has 0 bridgehead atoms. The summed E-state index contributed by atoms with van der Waals surface area (Å²) in [5.74, 6) is -1.27. The van der Waals surface area contributed by atoms with Crippen molar-refractivity contribution in [1.82, 2.24) is 14.8 Å². The van der Waals surface area contributed by atoms with Crippen molar-refractivity contribution < 1.29 is 32.3 Å². The summed E-state index contributed by atoms with van der Waals surface area (Å²) < 4.78 is 55.4. The molecular weight excluding hydrogens is 552 g/mol. The molecule has 1 atom stereocenters. The molecule has 0 aliphatic carbocycles. The monoisotopic (exact) mass is 584 g/mol. The van der Waals surface area contributed by atoms with Gasteiger partial charge in [-0.3, -0.25) is 9.59 Å². The van der Waals surface area contributed by atoms with Crippen molar-refractivity contribution in [2.24, 2.45) is 11.8 Å². The van der Waals surface area contributed by atoms with Crippen molar-refractivity contribution in [3.05, 3.63) is 58.5 Å². The van der Waals surface area contributed by atoms with Crippen LogP contribution >= 0.6 is 11.6 Å². The maximum Gasteiger partial charge on any atom is 0.430 e. The lowest BCUT2D eigenvalue weighted by Crippen LogP contribution is -2.57. The van der Waals surface area contributed by atoms with E-state index in [4.69, 9.17) is 11.6 Å². The zero-order valence-electron chi connectivity index (χ0n) is 22.4. The minimum absolute atomic E-state index is 0.0937. The number of piperidine rings is 2. The number of amides is 2. The van der Waals surface area contributed by atoms with E-state index in [2.05, 4.69) is 9.88 Å². The molecule has 3 heterocycles. The Labute approximate surface area is 235 Å². The van der Waals surface area contributed by atoms with Crippen LogP contribution in [0.25, 0.3) is 0 Å². The molecule has 0 spiro atoms. The van der Waals surface area contributed by atoms with E-state index in [0.29, 0.717) is 36.2 Å². The minimum Gasteiger partial charge on any atom is -0.368 e. The van der Waals surface area contributed by atoms with Gasteiger partial charge in [0.15, 0.2) is 0 Å². The predicted molar refractivity (Wildman–Crippen MR) is 142 cm³/mol. The second-order valence-electron chi connectivity index (χ2n) is 10.8. The van der Waals surface area contributed by atoms with E-state index >= 15 is 0 Å². The maximum absolute atomic E-state index is 13.9. The third kappa shape index (κ3) is 6.20. The molecule has 2 aliphatic rings. The van der Waals surface area contributed by atoms with Crippen molar-refractivity contribution >= 4 is 29.2 Å². The first-order chi connectivity index (χ1) is 18.8. The zero-order chi connectivity index (χ0) is 29.2. The quantitative estimate of drug-likeness (QED) is 0.387. The summed E-state index contributed by atoms with van der Waals surface area (Å²) in [6.07, 6.45) is -1.53. The Hall–Kier alpha value is -2.92. The van der Waals surface area contributed by atoms with Crippen LogP contribution in [0.3, 0.4) is 0 Å². The van der Waals surface area contributed by atoms with Gasteiger partial charge in [0.1, 0.15) is 16.8 Å². The number of carbonyl (C=O) groups is 2. The molecule has 0 saturated carbocycles. The van der Waals surface area contributed by atoms with E-state index in [0.717, 1.165) is 55.5 Å². The molecule has 2 aromatic rings. The van der Waals surface area contributed by atoms with E-state index in [1.807, 2.05) is 0 Å². The second-order valence-corrected chi connectivity index (χ2v) is 11.2. The first kappa shape index (κ1) is 30.0. The number of hydrogen-bond acceptors (Lipinski definition) is 5. The molecule has 40 heavy (non-hydrogen) atoms. The Morgan fingerprint density at radius 3 is 2.15 bits per heavy atom. The van der Waals surface area contributed by atoms with Crippen molar-refractivity contribution in [2.75, 3.05) is 45.2 Å². The Morgan fingerprint density at radius 2 is 1.62 bits per heavy atom. The molecule has 1 N–H and O–H groups in total. The molecule has 1 aromatic heterocycles. The number of alkyl halides is 3. The highest BCUT2D eigenvalue weighted by molar-refractivity contribution is 6.32. The van der Waals surface area contributed by atoms with Gasteiger partial charge in [-0.2, -0.15) is 13.2 Å². The van der Waals surface area contributed by atoms with Crippen molar-refractivity contribution in [3.8, 4) is 0 Å². The number of carbonyl (C=O) groups excluding carboxylic acids is 2. The van der Waals surface area contributed by atoms with Crippen LogP contribution in [0.1, 0.15) is 48.0 Å². The number of hydrogen-bond donors (Lipinski definition) is 1. The molecule has 2 fully saturated rings. The van der Waals surface area contributed by atoms with E-state index in [1.165, 1.54) is 4.90 Å². The van der Waals surface area contributed by atoms with Crippen LogP contribution in [0.2, 0.25) is 5.15 Å². The van der Waals surface area contributed by atoms with Crippen molar-refractivity contribution in [2.45, 2.75) is 43.9 Å². The normalized spacial score (nSPS) is 18.9. The summed E-state index contributed by atoms with van der Waals surface area (Å²) >= 11 is 6.27. The zero-order valence-corrected chi connectivity index (χ0v) is 23.2. The largest absolute Gasteiger partial charge is 0.430 e. The molecule has 2 saturated heterocycles. The number of aliphatic hydroxyl groups is 1. The molecule has 218 valence electrons. The molecule has 1 unspecified atom stereocenters. The number of likely N-dealkylation sites (tertiary alicyclic amines) is 1. The highest BCUT2D eigenvalue weighted by atomic mass is 35.5. The van der Waals surface area contributed by atoms with Gasteiger partial charge in [-0.25, -0.2) is 9.37 Å². The van der Waals surface area contributed by atoms with Crippen LogP contribution in [0.15, 0.2) is 36.4 Å². The Balaban J connectivity index is 1.30. The lowest BCUT2D eigenvalue weighted by atomic mass is 9.82. The summed E-state index contributed by atoms with van der Waals surface area (Å²) in [6.45, 7) is 1.71. The van der Waals surface area contributed by atoms with Crippen LogP contribution in [-0.2, 0) is 10.4 Å². The SMILES string of the molecule is CN(C)C(=O)c1ccc(N2CCC(CC3CCN(C(=O)C(O)(c4cccc(F)c4)C(F)(F)F)CC3)CC2)nc1Cl. The smallest absolute Gasteiger partial charge is 0.368 e. The topological polar surface area (TPSA) is 77.0 Å². The van der Waals surface area contributed by atoms with Crippen LogP contribution in [0.4, 0.5) is 23.4 Å². The molecule has 0 radical (unpaired) electrons. The summed E-state index contributed by atoms with van der Waals surface area (Å²) in [7, 11) is 3.29. The number of pyridine rings is 1. The second kappa shape index (κ2) is 11.9. The third-order valence-electron chi connectivity index (χ3n) is 7.94. The number of benzene rings is 1. The number of nitrogens with zero attached hydrogens (tertiary/aromatic N) is 4. The maximum atomic E-state index is 13.9. The number of aromatic nitrogens is 1. The summed E-state index contributed by atoms with van der Waals surface area (Å²) in [6, 6.07) is 6.93. The van der Waals surface area contributed by atoms with Gasteiger partial charge in [0.05, 0.1) is 5.56 Å². The molecule has 2 amide bonds. The Bertz CT molecular complexity index is 1230. The Morgan fingerprint density at radius 1 is 1.02 bits per heavy atom. The van der Waals surface area contributed by atoms with E-state index < -0.39 is 29.1 Å². The van der Waals surface area contributed by atoms with Crippen molar-refractivity contribution in [1.29, 1.82) is 0 Å². The highest BCUT2D eigenvalue weighted by Crippen LogP contribution is 2.42. The van der Waals surface area contributed by atoms with Crippen LogP contribution in [0, 0.1) is 17.7 Å². The van der Waals surface area contributed by atoms with Gasteiger partial charge in [-0.1, -0.05) is 23.7 Å². The van der Waals surface area contributed by atoms with Gasteiger partial charge in [0.2, 0.25) is 0 Å². The molecule has 12 heteroatoms. The fraction of sp³-hybridized carbons (Fsp3) is 0.536. The summed E-state index contributed by atoms with van der Waals surface area (Å²) in [5, 5.41) is 10.7. The fourth-order valence-corrected chi connectivity index (χ4v) is 5.82. The fourth-order valence-electron chi connectivity index (χ4n) is 5.59. The standard InChI is InChI=1S/C28H33ClF4N4O3/c1-35(2)25(38)22-6-7-23(34-24(22)29)36-12-8-18(9-13-36)16-19-10-14-37(15-11-19)26(39)27(40,28(31,32)33)20-4-3-5-21(30)17-20/h3-7,17-19,40H,8-16H2,1-2H3. The summed E-state index contributed by atoms with van der Waals surface area (Å²) in [5.41, 5.74) is -4.28. The highest BCUT2D eigenvalue weighted by Gasteiger charge is 2.62. The average molecular weight is 585 g/mol. The van der Waals surface area contributed by atoms with Gasteiger partial charge >= 0.3 is 6.18 Å². The lowest BCUT2D eigenvalue weighted by molar-refractivity contribution is -0.262. The number of anilines is 1. The van der Waals surface area contributed by atoms with E-state index in [1.54, 1.807) is 26.2 Å². The van der Waals surface area contributed by atoms with Crippen LogP contribution in [-0.4, -0.2) is 78.2 Å². The van der Waals surface area contributed by atoms with Crippen LogP contribution in [0.5, 0.6) is 0 Å². The van der Waals surface area contributed by atoms with Gasteiger partial charge in [-0.05, 0) is 68.2 Å². The van der Waals surface area contributed by atoms with Crippen LogP contribution < -0.4 is 4.90 Å². The lowest BCUT2D eigenvalue weighted by Gasteiger charge is -2.40. The minimum atomic E-state index is -5.30. The van der Waals surface area contributed by atoms with Crippen molar-refractivity contribution in [3.63, 3.8) is 0 Å². The van der Waals surface area contributed by atoms with Gasteiger partial charge in [0.25, 0.3) is 17.4 Å². The number of halogens is 5. The molecule has 1 aromatic carbocycles. The predicted octanol–water partition coefficient (Wildman–Crippen LogP) is 4.87. The molecule has 7 nitrogen and oxygen atoms in total.